The second kappa shape index (κ2) is 5.40. The molecule has 0 spiro atoms. The normalized spacial score (nSPS) is 11.5. The summed E-state index contributed by atoms with van der Waals surface area (Å²) < 4.78 is 3.69. The van der Waals surface area contributed by atoms with E-state index in [9.17, 15) is 0 Å². The third-order valence-electron chi connectivity index (χ3n) is 3.56. The van der Waals surface area contributed by atoms with Crippen LogP contribution in [0.4, 0.5) is 11.5 Å². The molecule has 0 bridgehead atoms. The van der Waals surface area contributed by atoms with Crippen LogP contribution < -0.4 is 5.32 Å². The average molecular weight is 299 g/mol. The van der Waals surface area contributed by atoms with Crippen LogP contribution in [0.5, 0.6) is 0 Å². The summed E-state index contributed by atoms with van der Waals surface area (Å²) in [6.07, 6.45) is 3.70. The fraction of sp³-hybridized carbons (Fsp3) is 0.467. The molecule has 0 aliphatic heterocycles. The lowest BCUT2D eigenvalue weighted by Crippen LogP contribution is -2.05. The fourth-order valence-electron chi connectivity index (χ4n) is 2.44. The number of aryl methyl sites for hydroxylation is 3. The Bertz CT molecular complexity index is 813. The monoisotopic (exact) mass is 299 g/mol. The van der Waals surface area contributed by atoms with Crippen LogP contribution in [-0.4, -0.2) is 29.5 Å². The Kier molecular flexibility index (Phi) is 3.56. The first-order valence-electron chi connectivity index (χ1n) is 7.50. The molecule has 1 N–H and O–H groups in total. The molecule has 3 heterocycles. The zero-order valence-corrected chi connectivity index (χ0v) is 13.6. The molecule has 0 aromatic carbocycles. The minimum atomic E-state index is 0.253. The number of anilines is 2. The van der Waals surface area contributed by atoms with Gasteiger partial charge in [0.2, 0.25) is 0 Å². The van der Waals surface area contributed by atoms with Crippen molar-refractivity contribution in [1.29, 1.82) is 0 Å². The molecule has 3 aromatic heterocycles. The highest BCUT2D eigenvalue weighted by atomic mass is 15.3. The van der Waals surface area contributed by atoms with Crippen molar-refractivity contribution in [3.05, 3.63) is 23.9 Å². The molecule has 0 saturated heterocycles. The summed E-state index contributed by atoms with van der Waals surface area (Å²) in [6.45, 7) is 9.01. The Morgan fingerprint density at radius 1 is 1.27 bits per heavy atom. The Morgan fingerprint density at radius 3 is 2.64 bits per heavy atom. The molecule has 3 rings (SSSR count). The molecule has 7 heteroatoms. The van der Waals surface area contributed by atoms with Gasteiger partial charge in [-0.25, -0.2) is 9.97 Å². The Labute approximate surface area is 129 Å². The minimum Gasteiger partial charge on any atom is -0.336 e. The smallest absolute Gasteiger partial charge is 0.160 e. The lowest BCUT2D eigenvalue weighted by atomic mass is 10.2. The van der Waals surface area contributed by atoms with Gasteiger partial charge < -0.3 is 5.32 Å². The van der Waals surface area contributed by atoms with Gasteiger partial charge in [0.05, 0.1) is 17.6 Å². The van der Waals surface area contributed by atoms with Crippen molar-refractivity contribution in [3.63, 3.8) is 0 Å². The summed E-state index contributed by atoms with van der Waals surface area (Å²) in [4.78, 5) is 9.40. The minimum absolute atomic E-state index is 0.253. The van der Waals surface area contributed by atoms with Crippen LogP contribution in [-0.2, 0) is 13.6 Å². The molecule has 0 aliphatic carbocycles. The average Bonchev–Trinajstić information content (AvgIpc) is 3.03. The molecule has 0 saturated carbocycles. The molecule has 7 nitrogen and oxygen atoms in total. The summed E-state index contributed by atoms with van der Waals surface area (Å²) in [6, 6.07) is 0. The number of hydrogen-bond acceptors (Lipinski definition) is 5. The van der Waals surface area contributed by atoms with Gasteiger partial charge >= 0.3 is 0 Å². The van der Waals surface area contributed by atoms with Gasteiger partial charge in [-0.2, -0.15) is 10.2 Å². The molecule has 0 amide bonds. The quantitative estimate of drug-likeness (QED) is 0.802. The number of aromatic nitrogens is 6. The fourth-order valence-corrected chi connectivity index (χ4v) is 2.44. The van der Waals surface area contributed by atoms with E-state index in [-0.39, 0.29) is 5.92 Å². The van der Waals surface area contributed by atoms with E-state index in [0.717, 1.165) is 40.6 Å². The summed E-state index contributed by atoms with van der Waals surface area (Å²) >= 11 is 0. The third-order valence-corrected chi connectivity index (χ3v) is 3.56. The predicted octanol–water partition coefficient (Wildman–Crippen LogP) is 2.76. The first-order valence-corrected chi connectivity index (χ1v) is 7.50. The summed E-state index contributed by atoms with van der Waals surface area (Å²) in [5.74, 6) is 1.85. The van der Waals surface area contributed by atoms with Crippen molar-refractivity contribution < 1.29 is 0 Å². The number of hydrogen-bond donors (Lipinski definition) is 1. The Balaban J connectivity index is 2.20. The van der Waals surface area contributed by atoms with E-state index in [1.807, 2.05) is 24.9 Å². The van der Waals surface area contributed by atoms with Crippen LogP contribution in [0.2, 0.25) is 0 Å². The highest BCUT2D eigenvalue weighted by Gasteiger charge is 2.17. The van der Waals surface area contributed by atoms with Gasteiger partial charge in [-0.3, -0.25) is 9.36 Å². The van der Waals surface area contributed by atoms with Gasteiger partial charge in [-0.15, -0.1) is 0 Å². The van der Waals surface area contributed by atoms with E-state index < -0.39 is 0 Å². The molecule has 3 aromatic rings. The highest BCUT2D eigenvalue weighted by molar-refractivity contribution is 5.89. The maximum Gasteiger partial charge on any atom is 0.160 e. The second-order valence-electron chi connectivity index (χ2n) is 5.71. The van der Waals surface area contributed by atoms with Crippen molar-refractivity contribution in [3.8, 4) is 0 Å². The van der Waals surface area contributed by atoms with E-state index >= 15 is 0 Å². The first-order chi connectivity index (χ1) is 10.5. The molecule has 0 radical (unpaired) electrons. The van der Waals surface area contributed by atoms with Crippen LogP contribution >= 0.6 is 0 Å². The van der Waals surface area contributed by atoms with Crippen molar-refractivity contribution in [2.45, 2.75) is 40.2 Å². The van der Waals surface area contributed by atoms with E-state index in [2.05, 4.69) is 36.3 Å². The zero-order valence-electron chi connectivity index (χ0n) is 13.6. The number of rotatable bonds is 4. The number of nitrogens with zero attached hydrogens (tertiary/aromatic N) is 6. The van der Waals surface area contributed by atoms with Crippen LogP contribution in [0.25, 0.3) is 11.0 Å². The summed E-state index contributed by atoms with van der Waals surface area (Å²) in [5.41, 5.74) is 3.68. The van der Waals surface area contributed by atoms with Crippen LogP contribution in [0, 0.1) is 6.92 Å². The lowest BCUT2D eigenvalue weighted by Gasteiger charge is -2.10. The SMILES string of the molecule is CCn1nc(C)c2nc(C(C)C)nc(Nc3cnn(C)c3)c21. The maximum atomic E-state index is 4.71. The number of nitrogens with one attached hydrogen (secondary N) is 1. The lowest BCUT2D eigenvalue weighted by molar-refractivity contribution is 0.675. The summed E-state index contributed by atoms with van der Waals surface area (Å²) in [5, 5.41) is 12.1. The molecule has 0 atom stereocenters. The Morgan fingerprint density at radius 2 is 2.05 bits per heavy atom. The van der Waals surface area contributed by atoms with E-state index in [1.54, 1.807) is 10.9 Å². The topological polar surface area (TPSA) is 73.5 Å². The third kappa shape index (κ3) is 2.43. The number of fused-ring (bicyclic) bond motifs is 1. The van der Waals surface area contributed by atoms with Gasteiger partial charge in [0.1, 0.15) is 16.9 Å². The molecule has 0 fully saturated rings. The maximum absolute atomic E-state index is 4.71. The highest BCUT2D eigenvalue weighted by Crippen LogP contribution is 2.27. The van der Waals surface area contributed by atoms with Crippen LogP contribution in [0.1, 0.15) is 38.2 Å². The van der Waals surface area contributed by atoms with E-state index in [0.29, 0.717) is 0 Å². The van der Waals surface area contributed by atoms with Crippen LogP contribution in [0.15, 0.2) is 12.4 Å². The standard InChI is InChI=1S/C15H21N7/c1-6-22-13-12(10(4)20-22)18-14(9(2)3)19-15(13)17-11-7-16-21(5)8-11/h7-9H,6H2,1-5H3,(H,17,18,19). The van der Waals surface area contributed by atoms with Crippen molar-refractivity contribution in [1.82, 2.24) is 29.5 Å². The largest absolute Gasteiger partial charge is 0.336 e. The van der Waals surface area contributed by atoms with Gasteiger partial charge in [0.25, 0.3) is 0 Å². The molecule has 0 unspecified atom stereocenters. The zero-order chi connectivity index (χ0) is 15.9. The van der Waals surface area contributed by atoms with Crippen molar-refractivity contribution in [2.24, 2.45) is 7.05 Å². The Hall–Kier alpha value is -2.44. The van der Waals surface area contributed by atoms with E-state index in [1.165, 1.54) is 0 Å². The molecule has 116 valence electrons. The van der Waals surface area contributed by atoms with Gasteiger partial charge in [-0.1, -0.05) is 13.8 Å². The van der Waals surface area contributed by atoms with Crippen LogP contribution in [0.3, 0.4) is 0 Å². The van der Waals surface area contributed by atoms with Gasteiger partial charge in [0, 0.05) is 25.7 Å². The second-order valence-corrected chi connectivity index (χ2v) is 5.71. The predicted molar refractivity (Wildman–Crippen MR) is 86.3 cm³/mol. The van der Waals surface area contributed by atoms with Crippen molar-refractivity contribution >= 4 is 22.5 Å². The van der Waals surface area contributed by atoms with Gasteiger partial charge in [-0.05, 0) is 13.8 Å². The van der Waals surface area contributed by atoms with Crippen molar-refractivity contribution in [2.75, 3.05) is 5.32 Å². The first kappa shape index (κ1) is 14.5. The molecular weight excluding hydrogens is 278 g/mol. The molecule has 0 aliphatic rings. The van der Waals surface area contributed by atoms with E-state index in [4.69, 9.17) is 9.97 Å². The molecule has 22 heavy (non-hydrogen) atoms. The summed E-state index contributed by atoms with van der Waals surface area (Å²) in [7, 11) is 1.89. The van der Waals surface area contributed by atoms with Gasteiger partial charge in [0.15, 0.2) is 5.82 Å². The molecular formula is C15H21N7.